The van der Waals surface area contributed by atoms with E-state index in [1.54, 1.807) is 31.7 Å². The molecule has 0 spiro atoms. The van der Waals surface area contributed by atoms with Crippen molar-refractivity contribution in [3.8, 4) is 5.88 Å². The zero-order valence-corrected chi connectivity index (χ0v) is 29.8. The third kappa shape index (κ3) is 9.34. The number of likely N-dealkylation sites (N-methyl/N-ethyl adjacent to an activating group) is 1. The Kier molecular flexibility index (Phi) is 11.6. The van der Waals surface area contributed by atoms with E-state index < -0.39 is 56.8 Å². The lowest BCUT2D eigenvalue weighted by Gasteiger charge is -2.40. The van der Waals surface area contributed by atoms with E-state index in [0.717, 1.165) is 18.0 Å². The minimum atomic E-state index is -3.05. The van der Waals surface area contributed by atoms with Crippen molar-refractivity contribution in [2.45, 2.75) is 52.2 Å². The summed E-state index contributed by atoms with van der Waals surface area (Å²) in [5.74, 6) is -2.19. The Bertz CT molecular complexity index is 1540. The number of piperazine rings is 1. The van der Waals surface area contributed by atoms with E-state index in [1.165, 1.54) is 11.0 Å². The average molecular weight is 698 g/mol. The second kappa shape index (κ2) is 14.9. The second-order valence-electron chi connectivity index (χ2n) is 14.1. The average Bonchev–Trinajstić information content (AvgIpc) is 2.98. The highest BCUT2D eigenvalue weighted by Gasteiger charge is 2.32. The largest absolute Gasteiger partial charge is 0.477 e. The zero-order valence-electron chi connectivity index (χ0n) is 29.0. The number of anilines is 2. The van der Waals surface area contributed by atoms with Crippen LogP contribution in [0, 0.1) is 11.6 Å². The van der Waals surface area contributed by atoms with E-state index in [0.29, 0.717) is 25.2 Å². The molecule has 48 heavy (non-hydrogen) atoms. The van der Waals surface area contributed by atoms with Crippen molar-refractivity contribution < 1.29 is 36.6 Å². The van der Waals surface area contributed by atoms with Gasteiger partial charge < -0.3 is 29.5 Å². The number of nitrogens with zero attached hydrogens (tertiary/aromatic N) is 4. The van der Waals surface area contributed by atoms with Crippen LogP contribution >= 0.6 is 10.0 Å². The van der Waals surface area contributed by atoms with Crippen molar-refractivity contribution >= 4 is 39.0 Å². The zero-order chi connectivity index (χ0) is 35.6. The highest BCUT2D eigenvalue weighted by atomic mass is 32.3. The smallest absolute Gasteiger partial charge is 0.410 e. The number of nitrogens with one attached hydrogen (secondary N) is 1. The minimum Gasteiger partial charge on any atom is -0.477 e. The summed E-state index contributed by atoms with van der Waals surface area (Å²) < 4.78 is 72.0. The molecule has 2 aliphatic heterocycles. The van der Waals surface area contributed by atoms with E-state index in [1.807, 2.05) is 14.0 Å². The first-order valence-electron chi connectivity index (χ1n) is 15.9. The number of halogens is 4. The van der Waals surface area contributed by atoms with E-state index in [-0.39, 0.29) is 55.0 Å². The number of benzene rings is 1. The SMILES string of the molecule is CC1CN(c2cc(F)c(C3=CCN(C(=O)OC(C)(C)C)CC3)c(F)c2NC(=O)c2cnc(OCCS(C)(C)C)cc2C(F)F)CCN1C. The molecule has 0 aliphatic carbocycles. The van der Waals surface area contributed by atoms with Crippen LogP contribution in [0.25, 0.3) is 5.57 Å². The number of aromatic nitrogens is 1. The summed E-state index contributed by atoms with van der Waals surface area (Å²) in [5.41, 5.74) is -2.03. The van der Waals surface area contributed by atoms with Gasteiger partial charge in [-0.2, -0.15) is 0 Å². The predicted molar refractivity (Wildman–Crippen MR) is 184 cm³/mol. The molecule has 1 atom stereocenters. The van der Waals surface area contributed by atoms with Crippen molar-refractivity contribution in [1.29, 1.82) is 0 Å². The second-order valence-corrected chi connectivity index (χ2v) is 18.7. The van der Waals surface area contributed by atoms with Gasteiger partial charge in [0.1, 0.15) is 17.1 Å². The third-order valence-corrected chi connectivity index (χ3v) is 9.65. The lowest BCUT2D eigenvalue weighted by atomic mass is 9.96. The van der Waals surface area contributed by atoms with E-state index in [9.17, 15) is 18.4 Å². The van der Waals surface area contributed by atoms with Crippen molar-refractivity contribution in [2.24, 2.45) is 0 Å². The molecule has 1 unspecified atom stereocenters. The highest BCUT2D eigenvalue weighted by Crippen LogP contribution is 2.39. The number of rotatable bonds is 9. The quantitative estimate of drug-likeness (QED) is 0.289. The number of carbonyl (C=O) groups excluding carboxylic acids is 2. The minimum absolute atomic E-state index is 0.0371. The van der Waals surface area contributed by atoms with E-state index in [4.69, 9.17) is 9.47 Å². The molecule has 3 heterocycles. The van der Waals surface area contributed by atoms with Crippen LogP contribution in [0.15, 0.2) is 24.4 Å². The van der Waals surface area contributed by atoms with Crippen molar-refractivity contribution in [1.82, 2.24) is 14.8 Å². The molecule has 266 valence electrons. The first-order chi connectivity index (χ1) is 22.3. The highest BCUT2D eigenvalue weighted by molar-refractivity contribution is 8.32. The molecule has 2 aromatic rings. The van der Waals surface area contributed by atoms with Gasteiger partial charge in [-0.3, -0.25) is 4.79 Å². The normalized spacial score (nSPS) is 18.1. The summed E-state index contributed by atoms with van der Waals surface area (Å²) in [7, 11) is 1.06. The Morgan fingerprint density at radius 3 is 2.42 bits per heavy atom. The van der Waals surface area contributed by atoms with Crippen molar-refractivity contribution in [2.75, 3.05) is 81.1 Å². The van der Waals surface area contributed by atoms with Gasteiger partial charge in [0.15, 0.2) is 5.82 Å². The molecule has 9 nitrogen and oxygen atoms in total. The van der Waals surface area contributed by atoms with Gasteiger partial charge in [-0.1, -0.05) is 6.08 Å². The molecule has 1 saturated heterocycles. The van der Waals surface area contributed by atoms with Gasteiger partial charge in [0.25, 0.3) is 12.3 Å². The number of alkyl halides is 2. The molecule has 4 rings (SSSR count). The molecule has 0 saturated carbocycles. The maximum atomic E-state index is 16.6. The molecular formula is C34H47F4N5O4S. The Labute approximate surface area is 282 Å². The molecular weight excluding hydrogens is 650 g/mol. The van der Waals surface area contributed by atoms with E-state index >= 15 is 8.78 Å². The number of hydrogen-bond acceptors (Lipinski definition) is 7. The maximum Gasteiger partial charge on any atom is 0.410 e. The fourth-order valence-corrected chi connectivity index (χ4v) is 5.99. The molecule has 14 heteroatoms. The first kappa shape index (κ1) is 37.3. The summed E-state index contributed by atoms with van der Waals surface area (Å²) >= 11 is 0. The molecule has 1 aromatic heterocycles. The fourth-order valence-electron chi connectivity index (χ4n) is 5.40. The third-order valence-electron chi connectivity index (χ3n) is 8.25. The van der Waals surface area contributed by atoms with Gasteiger partial charge >= 0.3 is 6.09 Å². The van der Waals surface area contributed by atoms with Crippen LogP contribution in [0.5, 0.6) is 5.88 Å². The van der Waals surface area contributed by atoms with Crippen molar-refractivity contribution in [3.63, 3.8) is 0 Å². The van der Waals surface area contributed by atoms with Gasteiger partial charge in [-0.25, -0.2) is 37.4 Å². The molecule has 2 amide bonds. The monoisotopic (exact) mass is 697 g/mol. The van der Waals surface area contributed by atoms with Gasteiger partial charge in [0.2, 0.25) is 5.88 Å². The lowest BCUT2D eigenvalue weighted by Crippen LogP contribution is -2.50. The fraction of sp³-hybridized carbons (Fsp3) is 0.559. The lowest BCUT2D eigenvalue weighted by molar-refractivity contribution is 0.0270. The van der Waals surface area contributed by atoms with Crippen LogP contribution in [-0.2, 0) is 4.74 Å². The number of carbonyl (C=O) groups is 2. The van der Waals surface area contributed by atoms with Crippen molar-refractivity contribution in [3.05, 3.63) is 52.7 Å². The molecule has 1 fully saturated rings. The number of pyridine rings is 1. The summed E-state index contributed by atoms with van der Waals surface area (Å²) in [6.07, 6.45) is 5.38. The van der Waals surface area contributed by atoms with Crippen LogP contribution in [-0.4, -0.2) is 109 Å². The van der Waals surface area contributed by atoms with Crippen LogP contribution in [0.3, 0.4) is 0 Å². The summed E-state index contributed by atoms with van der Waals surface area (Å²) in [4.78, 5) is 35.6. The number of hydrogen-bond donors (Lipinski definition) is 1. The Balaban J connectivity index is 1.69. The van der Waals surface area contributed by atoms with Crippen LogP contribution < -0.4 is 15.0 Å². The Morgan fingerprint density at radius 2 is 1.83 bits per heavy atom. The summed E-state index contributed by atoms with van der Waals surface area (Å²) in [5, 5.41) is 2.50. The predicted octanol–water partition coefficient (Wildman–Crippen LogP) is 6.79. The Hall–Kier alpha value is -3.52. The molecule has 0 radical (unpaired) electrons. The van der Waals surface area contributed by atoms with Gasteiger partial charge in [0.05, 0.1) is 23.4 Å². The Morgan fingerprint density at radius 1 is 1.12 bits per heavy atom. The maximum absolute atomic E-state index is 16.6. The summed E-state index contributed by atoms with van der Waals surface area (Å²) in [6, 6.07) is 2.24. The molecule has 2 aliphatic rings. The van der Waals surface area contributed by atoms with Gasteiger partial charge in [-0.05, 0) is 65.5 Å². The topological polar surface area (TPSA) is 87.2 Å². The first-order valence-corrected chi connectivity index (χ1v) is 18.9. The standard InChI is InChI=1S/C34H47F4N5O4S/c1-21-20-43(14-13-41(21)5)26-18-25(35)28(22-9-11-42(12-10-22)33(45)47-34(2,3)4)29(36)30(26)40-32(44)24-19-39-27(17-23(24)31(37)38)46-15-16-48(6,7)8/h9,17-19,21,31H,10-16,20H2,1-8H3,(H,40,44). The summed E-state index contributed by atoms with van der Waals surface area (Å²) in [6.45, 7) is 9.15. The van der Waals surface area contributed by atoms with Crippen LogP contribution in [0.2, 0.25) is 0 Å². The molecule has 1 aromatic carbocycles. The number of amides is 2. The van der Waals surface area contributed by atoms with E-state index in [2.05, 4.69) is 34.0 Å². The molecule has 1 N–H and O–H groups in total. The van der Waals surface area contributed by atoms with Gasteiger partial charge in [-0.15, -0.1) is 0 Å². The van der Waals surface area contributed by atoms with Gasteiger partial charge in [0, 0.05) is 68.4 Å². The molecule has 0 bridgehead atoms. The number of ether oxygens (including phenoxy) is 2. The van der Waals surface area contributed by atoms with Crippen LogP contribution in [0.1, 0.15) is 62.0 Å². The van der Waals surface area contributed by atoms with Crippen LogP contribution in [0.4, 0.5) is 33.7 Å².